The fraction of sp³-hybridized carbons (Fsp3) is 0.615. The highest BCUT2D eigenvalue weighted by atomic mass is 16.3. The summed E-state index contributed by atoms with van der Waals surface area (Å²) in [4.78, 5) is 6.55. The molecule has 0 radical (unpaired) electrons. The summed E-state index contributed by atoms with van der Waals surface area (Å²) in [5.41, 5.74) is 0.950. The largest absolute Gasteiger partial charge is 0.389 e. The molecular weight excluding hydrogens is 200 g/mol. The molecule has 1 heterocycles. The quantitative estimate of drug-likeness (QED) is 0.851. The smallest absolute Gasteiger partial charge is 0.128 e. The van der Waals surface area contributed by atoms with Gasteiger partial charge >= 0.3 is 0 Å². The van der Waals surface area contributed by atoms with Gasteiger partial charge in [-0.15, -0.1) is 0 Å². The maximum Gasteiger partial charge on any atom is 0.128 e. The Morgan fingerprint density at radius 3 is 2.44 bits per heavy atom. The molecule has 0 unspecified atom stereocenters. The predicted molar refractivity (Wildman–Crippen MR) is 67.6 cm³/mol. The number of hydrogen-bond donors (Lipinski definition) is 1. The van der Waals surface area contributed by atoms with Crippen LogP contribution < -0.4 is 4.90 Å². The molecule has 0 aliphatic heterocycles. The first kappa shape index (κ1) is 13.0. The lowest BCUT2D eigenvalue weighted by Crippen LogP contribution is -2.41. The van der Waals surface area contributed by atoms with Crippen LogP contribution in [0.4, 0.5) is 5.82 Å². The van der Waals surface area contributed by atoms with Crippen molar-refractivity contribution in [3.63, 3.8) is 0 Å². The summed E-state index contributed by atoms with van der Waals surface area (Å²) in [6, 6.07) is 3.88. The first-order valence-corrected chi connectivity index (χ1v) is 5.76. The molecule has 0 spiro atoms. The summed E-state index contributed by atoms with van der Waals surface area (Å²) in [5, 5.41) is 9.41. The lowest BCUT2D eigenvalue weighted by Gasteiger charge is -2.35. The summed E-state index contributed by atoms with van der Waals surface area (Å²) in [5.74, 6) is 0.941. The third-order valence-electron chi connectivity index (χ3n) is 3.37. The van der Waals surface area contributed by atoms with Gasteiger partial charge in [0.05, 0.1) is 6.10 Å². The Balaban J connectivity index is 2.90. The number of pyridine rings is 1. The van der Waals surface area contributed by atoms with E-state index in [1.807, 2.05) is 19.2 Å². The van der Waals surface area contributed by atoms with Crippen LogP contribution in [0.2, 0.25) is 0 Å². The van der Waals surface area contributed by atoms with E-state index in [9.17, 15) is 5.11 Å². The van der Waals surface area contributed by atoms with Crippen molar-refractivity contribution in [3.8, 4) is 0 Å². The number of anilines is 1. The summed E-state index contributed by atoms with van der Waals surface area (Å²) in [7, 11) is 2.05. The molecule has 0 aromatic carbocycles. The van der Waals surface area contributed by atoms with Crippen molar-refractivity contribution in [2.24, 2.45) is 0 Å². The summed E-state index contributed by atoms with van der Waals surface area (Å²) in [6.07, 6.45) is 2.34. The van der Waals surface area contributed by atoms with Gasteiger partial charge in [0.25, 0.3) is 0 Å². The van der Waals surface area contributed by atoms with Crippen LogP contribution in [0.5, 0.6) is 0 Å². The van der Waals surface area contributed by atoms with Gasteiger partial charge in [0.15, 0.2) is 0 Å². The van der Waals surface area contributed by atoms with Crippen LogP contribution in [-0.2, 0) is 0 Å². The van der Waals surface area contributed by atoms with Crippen molar-refractivity contribution >= 4 is 5.82 Å². The van der Waals surface area contributed by atoms with E-state index >= 15 is 0 Å². The molecule has 0 saturated heterocycles. The summed E-state index contributed by atoms with van der Waals surface area (Å²) in [6.45, 7) is 8.30. The van der Waals surface area contributed by atoms with E-state index in [1.165, 1.54) is 0 Å². The molecule has 0 aliphatic rings. The van der Waals surface area contributed by atoms with Crippen molar-refractivity contribution < 1.29 is 5.11 Å². The summed E-state index contributed by atoms with van der Waals surface area (Å²) >= 11 is 0. The summed E-state index contributed by atoms with van der Waals surface area (Å²) < 4.78 is 0. The number of aromatic nitrogens is 1. The zero-order chi connectivity index (χ0) is 12.3. The average Bonchev–Trinajstić information content (AvgIpc) is 2.28. The standard InChI is InChI=1S/C13H22N2O/c1-6-13(3,4)15(5)12-8-7-11(9-14-12)10(2)16/h7-10,16H,6H2,1-5H3/t10-/m0/s1. The Morgan fingerprint density at radius 2 is 2.06 bits per heavy atom. The Labute approximate surface area is 98.1 Å². The van der Waals surface area contributed by atoms with Gasteiger partial charge in [0.1, 0.15) is 5.82 Å². The minimum Gasteiger partial charge on any atom is -0.389 e. The highest BCUT2D eigenvalue weighted by Gasteiger charge is 2.22. The van der Waals surface area contributed by atoms with E-state index in [0.29, 0.717) is 0 Å². The van der Waals surface area contributed by atoms with Crippen molar-refractivity contribution in [1.82, 2.24) is 4.98 Å². The Bertz CT molecular complexity index is 330. The number of hydrogen-bond acceptors (Lipinski definition) is 3. The zero-order valence-electron chi connectivity index (χ0n) is 10.9. The highest BCUT2D eigenvalue weighted by Crippen LogP contribution is 2.23. The van der Waals surface area contributed by atoms with Crippen molar-refractivity contribution in [2.75, 3.05) is 11.9 Å². The van der Waals surface area contributed by atoms with Crippen LogP contribution in [0.1, 0.15) is 45.8 Å². The van der Waals surface area contributed by atoms with Gasteiger partial charge in [-0.3, -0.25) is 0 Å². The number of aliphatic hydroxyl groups excluding tert-OH is 1. The normalized spacial score (nSPS) is 13.6. The van der Waals surface area contributed by atoms with Crippen LogP contribution in [-0.4, -0.2) is 22.7 Å². The van der Waals surface area contributed by atoms with Gasteiger partial charge in [-0.05, 0) is 38.8 Å². The van der Waals surface area contributed by atoms with Crippen LogP contribution in [0.15, 0.2) is 18.3 Å². The Morgan fingerprint density at radius 1 is 1.44 bits per heavy atom. The lowest BCUT2D eigenvalue weighted by molar-refractivity contribution is 0.199. The molecule has 3 nitrogen and oxygen atoms in total. The van der Waals surface area contributed by atoms with E-state index in [1.54, 1.807) is 13.1 Å². The van der Waals surface area contributed by atoms with Crippen molar-refractivity contribution in [3.05, 3.63) is 23.9 Å². The Kier molecular flexibility index (Phi) is 3.92. The van der Waals surface area contributed by atoms with Gasteiger partial charge in [0, 0.05) is 18.8 Å². The minimum atomic E-state index is -0.453. The van der Waals surface area contributed by atoms with E-state index in [4.69, 9.17) is 0 Å². The van der Waals surface area contributed by atoms with Crippen LogP contribution in [0.25, 0.3) is 0 Å². The lowest BCUT2D eigenvalue weighted by atomic mass is 10.00. The second kappa shape index (κ2) is 4.83. The number of aliphatic hydroxyl groups is 1. The van der Waals surface area contributed by atoms with Crippen LogP contribution in [0.3, 0.4) is 0 Å². The van der Waals surface area contributed by atoms with Crippen molar-refractivity contribution in [2.45, 2.75) is 45.8 Å². The maximum atomic E-state index is 9.41. The zero-order valence-corrected chi connectivity index (χ0v) is 10.9. The predicted octanol–water partition coefficient (Wildman–Crippen LogP) is 2.76. The molecule has 1 atom stereocenters. The van der Waals surface area contributed by atoms with Gasteiger partial charge in [-0.1, -0.05) is 13.0 Å². The molecule has 0 amide bonds. The molecule has 90 valence electrons. The molecule has 1 aromatic heterocycles. The van der Waals surface area contributed by atoms with E-state index in [0.717, 1.165) is 17.8 Å². The van der Waals surface area contributed by atoms with Gasteiger partial charge in [-0.25, -0.2) is 4.98 Å². The first-order valence-electron chi connectivity index (χ1n) is 5.76. The Hall–Kier alpha value is -1.09. The monoisotopic (exact) mass is 222 g/mol. The SMILES string of the molecule is CCC(C)(C)N(C)c1ccc([C@H](C)O)cn1. The van der Waals surface area contributed by atoms with Gasteiger partial charge in [-0.2, -0.15) is 0 Å². The molecular formula is C13H22N2O. The molecule has 1 aromatic rings. The van der Waals surface area contributed by atoms with E-state index < -0.39 is 6.10 Å². The molecule has 0 bridgehead atoms. The number of rotatable bonds is 4. The second-order valence-electron chi connectivity index (χ2n) is 4.85. The first-order chi connectivity index (χ1) is 7.38. The molecule has 16 heavy (non-hydrogen) atoms. The van der Waals surface area contributed by atoms with Gasteiger partial charge in [0.2, 0.25) is 0 Å². The molecule has 3 heteroatoms. The minimum absolute atomic E-state index is 0.0966. The van der Waals surface area contributed by atoms with Crippen LogP contribution in [0, 0.1) is 0 Å². The second-order valence-corrected chi connectivity index (χ2v) is 4.85. The molecule has 0 aliphatic carbocycles. The molecule has 1 N–H and O–H groups in total. The maximum absolute atomic E-state index is 9.41. The molecule has 0 saturated carbocycles. The molecule has 0 fully saturated rings. The topological polar surface area (TPSA) is 36.4 Å². The van der Waals surface area contributed by atoms with Crippen molar-refractivity contribution in [1.29, 1.82) is 0 Å². The highest BCUT2D eigenvalue weighted by molar-refractivity contribution is 5.41. The fourth-order valence-electron chi connectivity index (χ4n) is 1.39. The van der Waals surface area contributed by atoms with Gasteiger partial charge < -0.3 is 10.0 Å². The molecule has 1 rings (SSSR count). The third-order valence-corrected chi connectivity index (χ3v) is 3.37. The van der Waals surface area contributed by atoms with E-state index in [2.05, 4.69) is 30.7 Å². The fourth-order valence-corrected chi connectivity index (χ4v) is 1.39. The number of nitrogens with zero attached hydrogens (tertiary/aromatic N) is 2. The van der Waals surface area contributed by atoms with E-state index in [-0.39, 0.29) is 5.54 Å². The van der Waals surface area contributed by atoms with Crippen LogP contribution >= 0.6 is 0 Å². The third kappa shape index (κ3) is 2.73. The average molecular weight is 222 g/mol.